The van der Waals surface area contributed by atoms with E-state index < -0.39 is 15.9 Å². The van der Waals surface area contributed by atoms with E-state index in [1.807, 2.05) is 0 Å². The molecule has 132 valence electrons. The summed E-state index contributed by atoms with van der Waals surface area (Å²) in [4.78, 5) is 12.4. The minimum absolute atomic E-state index is 0.00606. The first-order chi connectivity index (χ1) is 11.9. The Balaban J connectivity index is 1.88. The number of nitrogens with zero attached hydrogens (tertiary/aromatic N) is 1. The number of benzene rings is 2. The van der Waals surface area contributed by atoms with Crippen molar-refractivity contribution in [2.24, 2.45) is 0 Å². The zero-order valence-corrected chi connectivity index (χ0v) is 14.8. The number of sulfonamides is 1. The highest BCUT2D eigenvalue weighted by atomic mass is 35.5. The molecule has 1 aliphatic heterocycles. The van der Waals surface area contributed by atoms with Crippen molar-refractivity contribution < 1.29 is 18.3 Å². The number of carbonyl (C=O) groups is 1. The van der Waals surface area contributed by atoms with Crippen LogP contribution in [0.1, 0.15) is 23.2 Å². The lowest BCUT2D eigenvalue weighted by molar-refractivity contribution is 0.102. The Kier molecular flexibility index (Phi) is 4.99. The average Bonchev–Trinajstić information content (AvgIpc) is 3.12. The number of hydrogen-bond acceptors (Lipinski definition) is 4. The zero-order valence-electron chi connectivity index (χ0n) is 13.3. The quantitative estimate of drug-likeness (QED) is 0.853. The molecule has 2 aromatic carbocycles. The predicted molar refractivity (Wildman–Crippen MR) is 95.5 cm³/mol. The van der Waals surface area contributed by atoms with Gasteiger partial charge in [-0.15, -0.1) is 0 Å². The smallest absolute Gasteiger partial charge is 0.259 e. The van der Waals surface area contributed by atoms with Crippen LogP contribution in [0.4, 0.5) is 5.69 Å². The normalized spacial score (nSPS) is 15.2. The summed E-state index contributed by atoms with van der Waals surface area (Å²) in [5, 5.41) is 13.1. The third-order valence-electron chi connectivity index (χ3n) is 4.02. The third kappa shape index (κ3) is 3.78. The zero-order chi connectivity index (χ0) is 18.0. The Hall–Kier alpha value is -2.09. The van der Waals surface area contributed by atoms with Crippen LogP contribution in [-0.4, -0.2) is 36.8 Å². The standard InChI is InChI=1S/C17H17ClN2O4S/c18-12-3-5-13(6-4-12)19-17(22)15-11-14(7-8-16(15)21)25(23,24)20-9-1-2-10-20/h3-8,11,21H,1-2,9-10H2,(H,19,22). The maximum atomic E-state index is 12.6. The number of anilines is 1. The number of aromatic hydroxyl groups is 1. The molecule has 25 heavy (non-hydrogen) atoms. The molecule has 3 rings (SSSR count). The van der Waals surface area contributed by atoms with Gasteiger partial charge in [0.2, 0.25) is 10.0 Å². The van der Waals surface area contributed by atoms with Crippen LogP contribution in [0.25, 0.3) is 0 Å². The molecular weight excluding hydrogens is 364 g/mol. The summed E-state index contributed by atoms with van der Waals surface area (Å²) in [5.74, 6) is -0.884. The number of amides is 1. The largest absolute Gasteiger partial charge is 0.507 e. The van der Waals surface area contributed by atoms with E-state index in [0.717, 1.165) is 12.8 Å². The maximum absolute atomic E-state index is 12.6. The van der Waals surface area contributed by atoms with E-state index in [0.29, 0.717) is 23.8 Å². The van der Waals surface area contributed by atoms with Crippen LogP contribution in [0.3, 0.4) is 0 Å². The lowest BCUT2D eigenvalue weighted by Gasteiger charge is -2.16. The summed E-state index contributed by atoms with van der Waals surface area (Å²) in [6.45, 7) is 0.936. The van der Waals surface area contributed by atoms with Crippen molar-refractivity contribution >= 4 is 33.2 Å². The molecule has 0 saturated carbocycles. The van der Waals surface area contributed by atoms with Crippen LogP contribution < -0.4 is 5.32 Å². The molecule has 1 amide bonds. The molecule has 0 radical (unpaired) electrons. The molecule has 0 aromatic heterocycles. The second-order valence-electron chi connectivity index (χ2n) is 5.75. The molecule has 1 fully saturated rings. The molecule has 0 atom stereocenters. The number of halogens is 1. The molecule has 0 bridgehead atoms. The molecule has 1 saturated heterocycles. The Morgan fingerprint density at radius 1 is 1.08 bits per heavy atom. The van der Waals surface area contributed by atoms with Gasteiger partial charge in [-0.1, -0.05) is 11.6 Å². The minimum Gasteiger partial charge on any atom is -0.507 e. The molecule has 1 heterocycles. The van der Waals surface area contributed by atoms with Gasteiger partial charge in [-0.25, -0.2) is 8.42 Å². The van der Waals surface area contributed by atoms with Crippen molar-refractivity contribution in [3.63, 3.8) is 0 Å². The van der Waals surface area contributed by atoms with Gasteiger partial charge in [-0.3, -0.25) is 4.79 Å². The van der Waals surface area contributed by atoms with Crippen LogP contribution in [0.5, 0.6) is 5.75 Å². The van der Waals surface area contributed by atoms with E-state index in [4.69, 9.17) is 11.6 Å². The van der Waals surface area contributed by atoms with Gasteiger partial charge in [0.1, 0.15) is 5.75 Å². The number of phenolic OH excluding ortho intramolecular Hbond substituents is 1. The molecule has 2 aromatic rings. The van der Waals surface area contributed by atoms with Gasteiger partial charge in [0.05, 0.1) is 10.5 Å². The van der Waals surface area contributed by atoms with Crippen LogP contribution in [0.2, 0.25) is 5.02 Å². The second kappa shape index (κ2) is 7.03. The van der Waals surface area contributed by atoms with Crippen molar-refractivity contribution in [3.05, 3.63) is 53.1 Å². The fraction of sp³-hybridized carbons (Fsp3) is 0.235. The Morgan fingerprint density at radius 2 is 1.72 bits per heavy atom. The van der Waals surface area contributed by atoms with Gasteiger partial charge in [0, 0.05) is 23.8 Å². The summed E-state index contributed by atoms with van der Waals surface area (Å²) in [5.41, 5.74) is 0.386. The Bertz CT molecular complexity index is 891. The number of phenols is 1. The highest BCUT2D eigenvalue weighted by Gasteiger charge is 2.28. The van der Waals surface area contributed by atoms with E-state index in [2.05, 4.69) is 5.32 Å². The lowest BCUT2D eigenvalue weighted by Crippen LogP contribution is -2.28. The molecule has 8 heteroatoms. The van der Waals surface area contributed by atoms with Crippen molar-refractivity contribution in [1.82, 2.24) is 4.31 Å². The van der Waals surface area contributed by atoms with Gasteiger partial charge in [-0.05, 0) is 55.3 Å². The maximum Gasteiger partial charge on any atom is 0.259 e. The number of nitrogens with one attached hydrogen (secondary N) is 1. The second-order valence-corrected chi connectivity index (χ2v) is 8.13. The number of hydrogen-bond donors (Lipinski definition) is 2. The molecule has 2 N–H and O–H groups in total. The van der Waals surface area contributed by atoms with Crippen LogP contribution in [0, 0.1) is 0 Å². The van der Waals surface area contributed by atoms with E-state index in [-0.39, 0.29) is 16.2 Å². The van der Waals surface area contributed by atoms with Crippen molar-refractivity contribution in [1.29, 1.82) is 0 Å². The first kappa shape index (κ1) is 17.7. The van der Waals surface area contributed by atoms with E-state index in [9.17, 15) is 18.3 Å². The van der Waals surface area contributed by atoms with Gasteiger partial charge in [0.15, 0.2) is 0 Å². The lowest BCUT2D eigenvalue weighted by atomic mass is 10.2. The highest BCUT2D eigenvalue weighted by Crippen LogP contribution is 2.26. The van der Waals surface area contributed by atoms with Crippen LogP contribution in [-0.2, 0) is 10.0 Å². The van der Waals surface area contributed by atoms with E-state index in [1.54, 1.807) is 24.3 Å². The fourth-order valence-corrected chi connectivity index (χ4v) is 4.34. The summed E-state index contributed by atoms with van der Waals surface area (Å²) in [6, 6.07) is 10.2. The summed E-state index contributed by atoms with van der Waals surface area (Å²) >= 11 is 5.80. The molecule has 0 aliphatic carbocycles. The molecule has 0 spiro atoms. The SMILES string of the molecule is O=C(Nc1ccc(Cl)cc1)c1cc(S(=O)(=O)N2CCCC2)ccc1O. The van der Waals surface area contributed by atoms with Crippen LogP contribution >= 0.6 is 11.6 Å². The first-order valence-electron chi connectivity index (χ1n) is 7.78. The minimum atomic E-state index is -3.67. The summed E-state index contributed by atoms with van der Waals surface area (Å²) in [7, 11) is -3.67. The summed E-state index contributed by atoms with van der Waals surface area (Å²) < 4.78 is 26.6. The van der Waals surface area contributed by atoms with Gasteiger partial charge in [0.25, 0.3) is 5.91 Å². The topological polar surface area (TPSA) is 86.7 Å². The Morgan fingerprint density at radius 3 is 2.36 bits per heavy atom. The summed E-state index contributed by atoms with van der Waals surface area (Å²) in [6.07, 6.45) is 1.64. The average molecular weight is 381 g/mol. The Labute approximate surface area is 151 Å². The monoisotopic (exact) mass is 380 g/mol. The molecule has 1 aliphatic rings. The highest BCUT2D eigenvalue weighted by molar-refractivity contribution is 7.89. The van der Waals surface area contributed by atoms with Crippen molar-refractivity contribution in [3.8, 4) is 5.75 Å². The van der Waals surface area contributed by atoms with E-state index in [1.165, 1.54) is 22.5 Å². The van der Waals surface area contributed by atoms with Crippen molar-refractivity contribution in [2.45, 2.75) is 17.7 Å². The van der Waals surface area contributed by atoms with Gasteiger partial charge < -0.3 is 10.4 Å². The van der Waals surface area contributed by atoms with Gasteiger partial charge in [-0.2, -0.15) is 4.31 Å². The number of rotatable bonds is 4. The third-order valence-corrected chi connectivity index (χ3v) is 6.16. The molecule has 6 nitrogen and oxygen atoms in total. The molecule has 0 unspecified atom stereocenters. The van der Waals surface area contributed by atoms with E-state index >= 15 is 0 Å². The van der Waals surface area contributed by atoms with Gasteiger partial charge >= 0.3 is 0 Å². The molecular formula is C17H17ClN2O4S. The van der Waals surface area contributed by atoms with Crippen molar-refractivity contribution in [2.75, 3.05) is 18.4 Å². The fourth-order valence-electron chi connectivity index (χ4n) is 2.67. The first-order valence-corrected chi connectivity index (χ1v) is 9.60. The predicted octanol–water partition coefficient (Wildman–Crippen LogP) is 3.08. The number of carbonyl (C=O) groups excluding carboxylic acids is 1. The van der Waals surface area contributed by atoms with Crippen LogP contribution in [0.15, 0.2) is 47.4 Å².